The molecule has 0 aliphatic carbocycles. The zero-order chi connectivity index (χ0) is 15.8. The number of nitrogens with two attached hydrogens (primary N) is 1. The monoisotopic (exact) mass is 291 g/mol. The highest BCUT2D eigenvalue weighted by molar-refractivity contribution is 5.96. The van der Waals surface area contributed by atoms with Crippen LogP contribution in [0.1, 0.15) is 29.8 Å². The maximum absolute atomic E-state index is 13.8. The van der Waals surface area contributed by atoms with Crippen LogP contribution in [0.4, 0.5) is 4.39 Å². The Morgan fingerprint density at radius 1 is 1.38 bits per heavy atom. The van der Waals surface area contributed by atoms with Gasteiger partial charge in [-0.15, -0.1) is 0 Å². The van der Waals surface area contributed by atoms with E-state index >= 15 is 0 Å². The second-order valence-corrected chi connectivity index (χ2v) is 4.61. The minimum Gasteiger partial charge on any atom is -0.352 e. The molecule has 1 rings (SSSR count). The molecule has 0 fully saturated rings. The minimum absolute atomic E-state index is 0.0217. The highest BCUT2D eigenvalue weighted by Gasteiger charge is 2.13. The average molecular weight is 291 g/mol. The first kappa shape index (κ1) is 16.7. The number of hydrogen-bond donors (Lipinski definition) is 3. The number of carbonyl (C=O) groups excluding carboxylic acids is 2. The molecule has 4 N–H and O–H groups in total. The van der Waals surface area contributed by atoms with E-state index in [1.165, 1.54) is 12.1 Å². The Morgan fingerprint density at radius 3 is 2.67 bits per heavy atom. The largest absolute Gasteiger partial charge is 0.352 e. The molecule has 6 heteroatoms. The zero-order valence-corrected chi connectivity index (χ0v) is 12.0. The predicted octanol–water partition coefficient (Wildman–Crippen LogP) is 0.390. The lowest BCUT2D eigenvalue weighted by Crippen LogP contribution is -2.40. The van der Waals surface area contributed by atoms with Crippen molar-refractivity contribution in [1.29, 1.82) is 0 Å². The number of halogens is 1. The third kappa shape index (κ3) is 5.63. The second-order valence-electron chi connectivity index (χ2n) is 4.61. The topological polar surface area (TPSA) is 84.2 Å². The second kappa shape index (κ2) is 8.02. The fourth-order valence-electron chi connectivity index (χ4n) is 1.56. The highest BCUT2D eigenvalue weighted by atomic mass is 19.1. The number of carbonyl (C=O) groups is 2. The van der Waals surface area contributed by atoms with Gasteiger partial charge in [-0.1, -0.05) is 11.8 Å². The van der Waals surface area contributed by atoms with Crippen LogP contribution in [0.5, 0.6) is 0 Å². The van der Waals surface area contributed by atoms with Gasteiger partial charge in [0.2, 0.25) is 5.91 Å². The van der Waals surface area contributed by atoms with Crippen LogP contribution in [0.3, 0.4) is 0 Å². The molecule has 0 aromatic heterocycles. The van der Waals surface area contributed by atoms with Crippen LogP contribution < -0.4 is 16.4 Å². The minimum atomic E-state index is -0.694. The van der Waals surface area contributed by atoms with E-state index in [2.05, 4.69) is 22.5 Å². The van der Waals surface area contributed by atoms with Crippen molar-refractivity contribution in [3.63, 3.8) is 0 Å². The Morgan fingerprint density at radius 2 is 2.10 bits per heavy atom. The van der Waals surface area contributed by atoms with Crippen LogP contribution >= 0.6 is 0 Å². The predicted molar refractivity (Wildman–Crippen MR) is 77.9 cm³/mol. The van der Waals surface area contributed by atoms with Gasteiger partial charge < -0.3 is 16.4 Å². The lowest BCUT2D eigenvalue weighted by molar-refractivity contribution is -0.120. The molecule has 0 bridgehead atoms. The maximum Gasteiger partial charge on any atom is 0.254 e. The van der Waals surface area contributed by atoms with E-state index in [9.17, 15) is 14.0 Å². The molecule has 0 aliphatic rings. The molecule has 1 aromatic rings. The van der Waals surface area contributed by atoms with Gasteiger partial charge in [-0.25, -0.2) is 4.39 Å². The summed E-state index contributed by atoms with van der Waals surface area (Å²) in [5, 5.41) is 4.98. The van der Waals surface area contributed by atoms with Crippen molar-refractivity contribution in [2.24, 2.45) is 5.73 Å². The van der Waals surface area contributed by atoms with Gasteiger partial charge in [0.25, 0.3) is 5.91 Å². The fraction of sp³-hybridized carbons (Fsp3) is 0.333. The molecule has 2 amide bonds. The Balaban J connectivity index is 2.68. The number of nitrogens with one attached hydrogen (secondary N) is 2. The van der Waals surface area contributed by atoms with Crippen LogP contribution in [-0.2, 0) is 4.79 Å². The average Bonchev–Trinajstić information content (AvgIpc) is 2.42. The Bertz CT molecular complexity index is 588. The quantitative estimate of drug-likeness (QED) is 0.702. The van der Waals surface area contributed by atoms with E-state index in [4.69, 9.17) is 5.73 Å². The van der Waals surface area contributed by atoms with Gasteiger partial charge in [-0.05, 0) is 32.0 Å². The smallest absolute Gasteiger partial charge is 0.254 e. The van der Waals surface area contributed by atoms with Crippen molar-refractivity contribution in [1.82, 2.24) is 10.6 Å². The molecule has 0 saturated carbocycles. The molecule has 112 valence electrons. The Hall–Kier alpha value is -2.39. The summed E-state index contributed by atoms with van der Waals surface area (Å²) in [6.07, 6.45) is 0. The normalized spacial score (nSPS) is 9.76. The van der Waals surface area contributed by atoms with E-state index < -0.39 is 11.7 Å². The van der Waals surface area contributed by atoms with Gasteiger partial charge in [-0.2, -0.15) is 0 Å². The molecule has 1 aromatic carbocycles. The molecule has 0 heterocycles. The van der Waals surface area contributed by atoms with E-state index in [0.29, 0.717) is 5.56 Å². The molecular weight excluding hydrogens is 273 g/mol. The Kier molecular flexibility index (Phi) is 6.37. The summed E-state index contributed by atoms with van der Waals surface area (Å²) in [6, 6.07) is 3.98. The summed E-state index contributed by atoms with van der Waals surface area (Å²) in [4.78, 5) is 23.2. The number of rotatable bonds is 4. The summed E-state index contributed by atoms with van der Waals surface area (Å²) in [7, 11) is 0. The third-order valence-corrected chi connectivity index (χ3v) is 2.41. The van der Waals surface area contributed by atoms with Gasteiger partial charge >= 0.3 is 0 Å². The van der Waals surface area contributed by atoms with Crippen LogP contribution in [-0.4, -0.2) is 30.9 Å². The van der Waals surface area contributed by atoms with E-state index in [1.54, 1.807) is 13.8 Å². The van der Waals surface area contributed by atoms with E-state index in [-0.39, 0.29) is 30.6 Å². The number of benzene rings is 1. The van der Waals surface area contributed by atoms with Gasteiger partial charge in [0.05, 0.1) is 18.7 Å². The van der Waals surface area contributed by atoms with Crippen LogP contribution in [0.15, 0.2) is 18.2 Å². The molecule has 0 atom stereocenters. The fourth-order valence-corrected chi connectivity index (χ4v) is 1.56. The summed E-state index contributed by atoms with van der Waals surface area (Å²) >= 11 is 0. The summed E-state index contributed by atoms with van der Waals surface area (Å²) in [6.45, 7) is 3.58. The van der Waals surface area contributed by atoms with Gasteiger partial charge in [0, 0.05) is 11.6 Å². The third-order valence-electron chi connectivity index (χ3n) is 2.41. The molecule has 0 unspecified atom stereocenters. The molecule has 0 spiro atoms. The number of hydrogen-bond acceptors (Lipinski definition) is 3. The lowest BCUT2D eigenvalue weighted by Gasteiger charge is -2.09. The maximum atomic E-state index is 13.8. The molecular formula is C15H18FN3O2. The molecule has 0 aliphatic heterocycles. The van der Waals surface area contributed by atoms with Crippen molar-refractivity contribution in [3.05, 3.63) is 35.1 Å². The van der Waals surface area contributed by atoms with E-state index in [0.717, 1.165) is 6.07 Å². The Labute approximate surface area is 123 Å². The van der Waals surface area contributed by atoms with Crippen molar-refractivity contribution >= 4 is 11.8 Å². The van der Waals surface area contributed by atoms with Crippen LogP contribution in [0, 0.1) is 17.7 Å². The van der Waals surface area contributed by atoms with Crippen molar-refractivity contribution in [3.8, 4) is 11.8 Å². The number of amides is 2. The van der Waals surface area contributed by atoms with Gasteiger partial charge in [0.1, 0.15) is 5.82 Å². The lowest BCUT2D eigenvalue weighted by atomic mass is 10.1. The summed E-state index contributed by atoms with van der Waals surface area (Å²) in [5.41, 5.74) is 5.53. The van der Waals surface area contributed by atoms with Gasteiger partial charge in [0.15, 0.2) is 0 Å². The zero-order valence-electron chi connectivity index (χ0n) is 12.0. The van der Waals surface area contributed by atoms with E-state index in [1.807, 2.05) is 0 Å². The first-order valence-electron chi connectivity index (χ1n) is 6.50. The van der Waals surface area contributed by atoms with Crippen molar-refractivity contribution in [2.45, 2.75) is 19.9 Å². The summed E-state index contributed by atoms with van der Waals surface area (Å²) < 4.78 is 13.8. The van der Waals surface area contributed by atoms with Crippen LogP contribution in [0.2, 0.25) is 0 Å². The first-order chi connectivity index (χ1) is 9.93. The standard InChI is InChI=1S/C15H18FN3O2/c1-10(2)19-14(20)9-18-15(21)12-6-5-11(4-3-7-17)8-13(12)16/h5-6,8,10H,7,9,17H2,1-2H3,(H,18,21)(H,19,20). The SMILES string of the molecule is CC(C)NC(=O)CNC(=O)c1ccc(C#CCN)cc1F. The van der Waals surface area contributed by atoms with Crippen molar-refractivity contribution in [2.75, 3.05) is 13.1 Å². The molecule has 5 nitrogen and oxygen atoms in total. The molecule has 21 heavy (non-hydrogen) atoms. The highest BCUT2D eigenvalue weighted by Crippen LogP contribution is 2.09. The summed E-state index contributed by atoms with van der Waals surface area (Å²) in [5.74, 6) is 3.60. The van der Waals surface area contributed by atoms with Crippen LogP contribution in [0.25, 0.3) is 0 Å². The molecule has 0 radical (unpaired) electrons. The molecule has 0 saturated heterocycles. The first-order valence-corrected chi connectivity index (χ1v) is 6.50. The van der Waals surface area contributed by atoms with Crippen molar-refractivity contribution < 1.29 is 14.0 Å². The van der Waals surface area contributed by atoms with Gasteiger partial charge in [-0.3, -0.25) is 9.59 Å².